The fraction of sp³-hybridized carbons (Fsp3) is 0.824. The van der Waals surface area contributed by atoms with Gasteiger partial charge >= 0.3 is 0 Å². The molecular formula is C17H30N2O3. The average Bonchev–Trinajstić information content (AvgIpc) is 2.55. The molecule has 1 N–H and O–H groups in total. The average molecular weight is 310 g/mol. The van der Waals surface area contributed by atoms with Gasteiger partial charge < -0.3 is 14.7 Å². The van der Waals surface area contributed by atoms with Crippen LogP contribution in [-0.2, 0) is 9.53 Å². The Hall–Kier alpha value is -0.910. The van der Waals surface area contributed by atoms with Gasteiger partial charge in [-0.2, -0.15) is 0 Å². The zero-order valence-electron chi connectivity index (χ0n) is 13.7. The van der Waals surface area contributed by atoms with Gasteiger partial charge in [0.05, 0.1) is 13.2 Å². The Morgan fingerprint density at radius 1 is 1.36 bits per heavy atom. The molecule has 0 aromatic heterocycles. The number of nitrogens with zero attached hydrogens (tertiary/aromatic N) is 2. The summed E-state index contributed by atoms with van der Waals surface area (Å²) in [6.45, 7) is 8.28. The molecular weight excluding hydrogens is 280 g/mol. The third kappa shape index (κ3) is 5.38. The van der Waals surface area contributed by atoms with Gasteiger partial charge in [0, 0.05) is 32.7 Å². The van der Waals surface area contributed by atoms with Gasteiger partial charge in [-0.25, -0.2) is 0 Å². The van der Waals surface area contributed by atoms with Crippen LogP contribution < -0.4 is 0 Å². The summed E-state index contributed by atoms with van der Waals surface area (Å²) < 4.78 is 5.38. The van der Waals surface area contributed by atoms with Crippen LogP contribution in [0.5, 0.6) is 0 Å². The van der Waals surface area contributed by atoms with Gasteiger partial charge in [0.1, 0.15) is 0 Å². The second-order valence-electron chi connectivity index (χ2n) is 6.37. The lowest BCUT2D eigenvalue weighted by atomic mass is 9.96. The molecule has 0 saturated carbocycles. The SMILES string of the molecule is CCC/C=C/C(O)C(=O)N1CCC[C@H](CN2CCOCC2)C1. The Morgan fingerprint density at radius 3 is 2.86 bits per heavy atom. The van der Waals surface area contributed by atoms with Crippen molar-refractivity contribution in [2.75, 3.05) is 45.9 Å². The fourth-order valence-electron chi connectivity index (χ4n) is 3.22. The summed E-state index contributed by atoms with van der Waals surface area (Å²) in [4.78, 5) is 16.6. The van der Waals surface area contributed by atoms with Crippen LogP contribution in [-0.4, -0.2) is 72.9 Å². The minimum absolute atomic E-state index is 0.140. The molecule has 2 aliphatic rings. The van der Waals surface area contributed by atoms with E-state index in [9.17, 15) is 9.90 Å². The van der Waals surface area contributed by atoms with Crippen molar-refractivity contribution in [2.24, 2.45) is 5.92 Å². The number of rotatable bonds is 6. The number of carbonyl (C=O) groups is 1. The summed E-state index contributed by atoms with van der Waals surface area (Å²) in [7, 11) is 0. The quantitative estimate of drug-likeness (QED) is 0.751. The maximum atomic E-state index is 12.3. The summed E-state index contributed by atoms with van der Waals surface area (Å²) >= 11 is 0. The number of carbonyl (C=O) groups excluding carboxylic acids is 1. The maximum Gasteiger partial charge on any atom is 0.255 e. The molecule has 0 aromatic carbocycles. The van der Waals surface area contributed by atoms with Gasteiger partial charge in [-0.05, 0) is 25.2 Å². The van der Waals surface area contributed by atoms with Crippen LogP contribution >= 0.6 is 0 Å². The van der Waals surface area contributed by atoms with Crippen molar-refractivity contribution in [1.29, 1.82) is 0 Å². The molecule has 0 spiro atoms. The summed E-state index contributed by atoms with van der Waals surface area (Å²) in [6, 6.07) is 0. The molecule has 0 bridgehead atoms. The third-order valence-electron chi connectivity index (χ3n) is 4.48. The zero-order chi connectivity index (χ0) is 15.8. The van der Waals surface area contributed by atoms with Crippen molar-refractivity contribution in [3.8, 4) is 0 Å². The predicted molar refractivity (Wildman–Crippen MR) is 86.6 cm³/mol. The van der Waals surface area contributed by atoms with E-state index in [-0.39, 0.29) is 5.91 Å². The molecule has 0 radical (unpaired) electrons. The lowest BCUT2D eigenvalue weighted by Gasteiger charge is -2.37. The first-order valence-corrected chi connectivity index (χ1v) is 8.64. The van der Waals surface area contributed by atoms with E-state index >= 15 is 0 Å². The lowest BCUT2D eigenvalue weighted by Crippen LogP contribution is -2.48. The first-order chi connectivity index (χ1) is 10.7. The summed E-state index contributed by atoms with van der Waals surface area (Å²) in [5.74, 6) is 0.377. The van der Waals surface area contributed by atoms with Crippen LogP contribution in [0.4, 0.5) is 0 Å². The normalized spacial score (nSPS) is 25.5. The Labute approximate surface area is 133 Å². The van der Waals surface area contributed by atoms with Gasteiger partial charge in [-0.3, -0.25) is 9.69 Å². The van der Waals surface area contributed by atoms with E-state index in [4.69, 9.17) is 4.74 Å². The Balaban J connectivity index is 1.80. The third-order valence-corrected chi connectivity index (χ3v) is 4.48. The van der Waals surface area contributed by atoms with E-state index in [2.05, 4.69) is 11.8 Å². The molecule has 2 heterocycles. The highest BCUT2D eigenvalue weighted by atomic mass is 16.5. The molecule has 0 aliphatic carbocycles. The van der Waals surface area contributed by atoms with E-state index < -0.39 is 6.10 Å². The Kier molecular flexibility index (Phi) is 7.36. The molecule has 2 saturated heterocycles. The summed E-state index contributed by atoms with van der Waals surface area (Å²) in [5, 5.41) is 10.00. The molecule has 0 aromatic rings. The minimum atomic E-state index is -0.978. The van der Waals surface area contributed by atoms with Crippen molar-refractivity contribution in [3.63, 3.8) is 0 Å². The lowest BCUT2D eigenvalue weighted by molar-refractivity contribution is -0.139. The van der Waals surface area contributed by atoms with Gasteiger partial charge in [0.25, 0.3) is 5.91 Å². The molecule has 5 heteroatoms. The van der Waals surface area contributed by atoms with Gasteiger partial charge in [0.2, 0.25) is 0 Å². The molecule has 2 atom stereocenters. The number of hydrogen-bond acceptors (Lipinski definition) is 4. The number of allylic oxidation sites excluding steroid dienone is 1. The van der Waals surface area contributed by atoms with Crippen molar-refractivity contribution in [3.05, 3.63) is 12.2 Å². The maximum absolute atomic E-state index is 12.3. The number of piperidine rings is 1. The monoisotopic (exact) mass is 310 g/mol. The molecule has 2 aliphatic heterocycles. The molecule has 22 heavy (non-hydrogen) atoms. The zero-order valence-corrected chi connectivity index (χ0v) is 13.7. The molecule has 2 rings (SSSR count). The number of hydrogen-bond donors (Lipinski definition) is 1. The Morgan fingerprint density at radius 2 is 2.14 bits per heavy atom. The van der Waals surface area contributed by atoms with E-state index in [0.717, 1.165) is 65.2 Å². The highest BCUT2D eigenvalue weighted by Gasteiger charge is 2.28. The standard InChI is InChI=1S/C17H30N2O3/c1-2-3-4-7-16(20)17(21)19-8-5-6-15(14-19)13-18-9-11-22-12-10-18/h4,7,15-16,20H,2-3,5-6,8-14H2,1H3/b7-4+/t15-,16?/m1/s1. The molecule has 5 nitrogen and oxygen atoms in total. The highest BCUT2D eigenvalue weighted by Crippen LogP contribution is 2.19. The minimum Gasteiger partial charge on any atom is -0.379 e. The first-order valence-electron chi connectivity index (χ1n) is 8.64. The van der Waals surface area contributed by atoms with Crippen molar-refractivity contribution < 1.29 is 14.6 Å². The van der Waals surface area contributed by atoms with E-state index in [1.165, 1.54) is 6.42 Å². The smallest absolute Gasteiger partial charge is 0.255 e. The van der Waals surface area contributed by atoms with Crippen LogP contribution in [0, 0.1) is 5.92 Å². The first kappa shape index (κ1) is 17.4. The number of aliphatic hydroxyl groups is 1. The fourth-order valence-corrected chi connectivity index (χ4v) is 3.22. The van der Waals surface area contributed by atoms with Crippen molar-refractivity contribution >= 4 is 5.91 Å². The number of aliphatic hydroxyl groups excluding tert-OH is 1. The second kappa shape index (κ2) is 9.28. The van der Waals surface area contributed by atoms with E-state index in [1.807, 2.05) is 11.0 Å². The number of unbranched alkanes of at least 4 members (excludes halogenated alkanes) is 1. The highest BCUT2D eigenvalue weighted by molar-refractivity contribution is 5.82. The predicted octanol–water partition coefficient (Wildman–Crippen LogP) is 1.27. The molecule has 126 valence electrons. The van der Waals surface area contributed by atoms with Crippen molar-refractivity contribution in [1.82, 2.24) is 9.80 Å². The topological polar surface area (TPSA) is 53.0 Å². The van der Waals surface area contributed by atoms with Gasteiger partial charge in [-0.15, -0.1) is 0 Å². The number of morpholine rings is 1. The summed E-state index contributed by atoms with van der Waals surface area (Å²) in [5.41, 5.74) is 0. The number of likely N-dealkylation sites (tertiary alicyclic amines) is 1. The van der Waals surface area contributed by atoms with Crippen LogP contribution in [0.3, 0.4) is 0 Å². The van der Waals surface area contributed by atoms with Crippen LogP contribution in [0.15, 0.2) is 12.2 Å². The van der Waals surface area contributed by atoms with Gasteiger partial charge in [0.15, 0.2) is 6.10 Å². The Bertz CT molecular complexity index is 367. The van der Waals surface area contributed by atoms with Crippen LogP contribution in [0.25, 0.3) is 0 Å². The van der Waals surface area contributed by atoms with E-state index in [1.54, 1.807) is 6.08 Å². The van der Waals surface area contributed by atoms with Crippen LogP contribution in [0.2, 0.25) is 0 Å². The van der Waals surface area contributed by atoms with Gasteiger partial charge in [-0.1, -0.05) is 25.5 Å². The molecule has 1 unspecified atom stereocenters. The summed E-state index contributed by atoms with van der Waals surface area (Å²) in [6.07, 6.45) is 6.70. The van der Waals surface area contributed by atoms with Crippen molar-refractivity contribution in [2.45, 2.75) is 38.7 Å². The van der Waals surface area contributed by atoms with E-state index in [0.29, 0.717) is 5.92 Å². The largest absolute Gasteiger partial charge is 0.379 e. The number of ether oxygens (including phenoxy) is 1. The van der Waals surface area contributed by atoms with Crippen LogP contribution in [0.1, 0.15) is 32.6 Å². The molecule has 1 amide bonds. The molecule has 2 fully saturated rings. The second-order valence-corrected chi connectivity index (χ2v) is 6.37. The number of amides is 1.